The molecule has 1 atom stereocenters. The first-order chi connectivity index (χ1) is 7.50. The maximum atomic E-state index is 11.4. The van der Waals surface area contributed by atoms with Gasteiger partial charge in [0.1, 0.15) is 0 Å². The van der Waals surface area contributed by atoms with Crippen LogP contribution in [0.25, 0.3) is 0 Å². The molecule has 0 radical (unpaired) electrons. The molecule has 0 aromatic rings. The number of rotatable bonds is 4. The van der Waals surface area contributed by atoms with Gasteiger partial charge in [-0.05, 0) is 26.3 Å². The van der Waals surface area contributed by atoms with Crippen LogP contribution in [0.2, 0.25) is 0 Å². The smallest absolute Gasteiger partial charge is 0.317 e. The average molecular weight is 228 g/mol. The van der Waals surface area contributed by atoms with E-state index in [1.807, 2.05) is 4.90 Å². The van der Waals surface area contributed by atoms with E-state index in [4.69, 9.17) is 5.11 Å². The Kier molecular flexibility index (Phi) is 4.73. The van der Waals surface area contributed by atoms with Gasteiger partial charge in [0.15, 0.2) is 0 Å². The van der Waals surface area contributed by atoms with E-state index in [9.17, 15) is 9.59 Å². The van der Waals surface area contributed by atoms with Gasteiger partial charge in [-0.25, -0.2) is 0 Å². The van der Waals surface area contributed by atoms with Crippen LogP contribution >= 0.6 is 0 Å². The molecule has 16 heavy (non-hydrogen) atoms. The number of carbonyl (C=O) groups is 2. The lowest BCUT2D eigenvalue weighted by atomic mass is 10.0. The predicted octanol–water partition coefficient (Wildman–Crippen LogP) is 0.404. The molecule has 0 unspecified atom stereocenters. The Bertz CT molecular complexity index is 268. The molecule has 0 saturated carbocycles. The number of aliphatic carboxylic acids is 1. The first-order valence-electron chi connectivity index (χ1n) is 5.68. The number of likely N-dealkylation sites (tertiary alicyclic amines) is 1. The van der Waals surface area contributed by atoms with Crippen LogP contribution in [-0.2, 0) is 9.59 Å². The molecule has 0 aromatic carbocycles. The lowest BCUT2D eigenvalue weighted by molar-refractivity contribution is -0.138. The van der Waals surface area contributed by atoms with Crippen LogP contribution in [0.5, 0.6) is 0 Å². The molecule has 92 valence electrons. The summed E-state index contributed by atoms with van der Waals surface area (Å²) in [6.07, 6.45) is 3.15. The summed E-state index contributed by atoms with van der Waals surface area (Å²) in [5.74, 6) is -0.735. The van der Waals surface area contributed by atoms with Gasteiger partial charge in [-0.2, -0.15) is 0 Å². The normalized spacial score (nSPS) is 21.2. The Labute approximate surface area is 96.0 Å². The fourth-order valence-electron chi connectivity index (χ4n) is 2.26. The molecule has 1 aliphatic heterocycles. The quantitative estimate of drug-likeness (QED) is 0.757. The Morgan fingerprint density at radius 2 is 2.12 bits per heavy atom. The van der Waals surface area contributed by atoms with Crippen molar-refractivity contribution in [2.24, 2.45) is 0 Å². The van der Waals surface area contributed by atoms with Crippen molar-refractivity contribution < 1.29 is 14.7 Å². The molecule has 1 amide bonds. The molecule has 1 fully saturated rings. The number of carboxylic acid groups (broad SMARTS) is 1. The van der Waals surface area contributed by atoms with Crippen LogP contribution in [-0.4, -0.2) is 59.5 Å². The maximum Gasteiger partial charge on any atom is 0.317 e. The van der Waals surface area contributed by atoms with Crippen molar-refractivity contribution in [3.63, 3.8) is 0 Å². The molecule has 5 nitrogen and oxygen atoms in total. The highest BCUT2D eigenvalue weighted by Crippen LogP contribution is 2.17. The summed E-state index contributed by atoms with van der Waals surface area (Å²) in [5.41, 5.74) is 0. The topological polar surface area (TPSA) is 60.9 Å². The van der Waals surface area contributed by atoms with E-state index in [0.717, 1.165) is 25.8 Å². The molecule has 0 bridgehead atoms. The number of piperidine rings is 1. The molecule has 5 heteroatoms. The highest BCUT2D eigenvalue weighted by atomic mass is 16.4. The Hall–Kier alpha value is -1.10. The summed E-state index contributed by atoms with van der Waals surface area (Å²) < 4.78 is 0. The summed E-state index contributed by atoms with van der Waals surface area (Å²) in [6.45, 7) is 3.06. The van der Waals surface area contributed by atoms with Gasteiger partial charge in [0.25, 0.3) is 0 Å². The third kappa shape index (κ3) is 3.81. The van der Waals surface area contributed by atoms with Crippen LogP contribution in [0.3, 0.4) is 0 Å². The van der Waals surface area contributed by atoms with Crippen LogP contribution in [0.15, 0.2) is 0 Å². The van der Waals surface area contributed by atoms with Crippen molar-refractivity contribution in [1.29, 1.82) is 0 Å². The van der Waals surface area contributed by atoms with Gasteiger partial charge >= 0.3 is 5.97 Å². The summed E-state index contributed by atoms with van der Waals surface area (Å²) in [6, 6.07) is 0.176. The van der Waals surface area contributed by atoms with Crippen LogP contribution in [0.1, 0.15) is 26.2 Å². The fourth-order valence-corrected chi connectivity index (χ4v) is 2.26. The number of hydrogen-bond donors (Lipinski definition) is 1. The average Bonchev–Trinajstić information content (AvgIpc) is 2.16. The molecule has 1 saturated heterocycles. The molecule has 1 N–H and O–H groups in total. The highest BCUT2D eigenvalue weighted by Gasteiger charge is 2.25. The second kappa shape index (κ2) is 5.84. The molecule has 1 aliphatic rings. The van der Waals surface area contributed by atoms with Crippen LogP contribution < -0.4 is 0 Å². The second-order valence-electron chi connectivity index (χ2n) is 4.45. The van der Waals surface area contributed by atoms with Crippen molar-refractivity contribution in [3.05, 3.63) is 0 Å². The van der Waals surface area contributed by atoms with Crippen LogP contribution in [0.4, 0.5) is 0 Å². The third-order valence-corrected chi connectivity index (χ3v) is 2.96. The summed E-state index contributed by atoms with van der Waals surface area (Å²) in [7, 11) is 1.78. The van der Waals surface area contributed by atoms with Gasteiger partial charge in [-0.1, -0.05) is 0 Å². The van der Waals surface area contributed by atoms with E-state index in [2.05, 4.69) is 0 Å². The van der Waals surface area contributed by atoms with E-state index in [0.29, 0.717) is 6.54 Å². The largest absolute Gasteiger partial charge is 0.480 e. The fraction of sp³-hybridized carbons (Fsp3) is 0.818. The number of nitrogens with zero attached hydrogens (tertiary/aromatic N) is 2. The lowest BCUT2D eigenvalue weighted by Gasteiger charge is -2.37. The number of hydrogen-bond acceptors (Lipinski definition) is 3. The van der Waals surface area contributed by atoms with Crippen molar-refractivity contribution in [3.8, 4) is 0 Å². The van der Waals surface area contributed by atoms with E-state index in [1.165, 1.54) is 0 Å². The Morgan fingerprint density at radius 3 is 2.69 bits per heavy atom. The molecular formula is C11H20N2O3. The van der Waals surface area contributed by atoms with Gasteiger partial charge in [-0.3, -0.25) is 14.5 Å². The SMILES string of the molecule is CC(=O)N1CCCC[C@H]1CN(C)CC(=O)O. The molecule has 0 spiro atoms. The number of likely N-dealkylation sites (N-methyl/N-ethyl adjacent to an activating group) is 1. The number of amides is 1. The van der Waals surface area contributed by atoms with Gasteiger partial charge in [0.2, 0.25) is 5.91 Å². The number of carboxylic acids is 1. The minimum atomic E-state index is -0.826. The summed E-state index contributed by atoms with van der Waals surface area (Å²) >= 11 is 0. The summed E-state index contributed by atoms with van der Waals surface area (Å²) in [5, 5.41) is 8.67. The minimum Gasteiger partial charge on any atom is -0.480 e. The maximum absolute atomic E-state index is 11.4. The molecule has 1 rings (SSSR count). The first-order valence-corrected chi connectivity index (χ1v) is 5.68. The van der Waals surface area contributed by atoms with Gasteiger partial charge in [-0.15, -0.1) is 0 Å². The monoisotopic (exact) mass is 228 g/mol. The zero-order valence-electron chi connectivity index (χ0n) is 9.98. The number of carbonyl (C=O) groups excluding carboxylic acids is 1. The third-order valence-electron chi connectivity index (χ3n) is 2.96. The van der Waals surface area contributed by atoms with E-state index in [-0.39, 0.29) is 18.5 Å². The zero-order valence-corrected chi connectivity index (χ0v) is 9.98. The molecule has 0 aliphatic carbocycles. The molecule has 1 heterocycles. The Balaban J connectivity index is 2.49. The predicted molar refractivity (Wildman–Crippen MR) is 60.2 cm³/mol. The van der Waals surface area contributed by atoms with Crippen molar-refractivity contribution in [2.75, 3.05) is 26.7 Å². The van der Waals surface area contributed by atoms with E-state index in [1.54, 1.807) is 18.9 Å². The first kappa shape index (κ1) is 13.0. The van der Waals surface area contributed by atoms with Gasteiger partial charge in [0.05, 0.1) is 6.54 Å². The standard InChI is InChI=1S/C11H20N2O3/c1-9(14)13-6-4-3-5-10(13)7-12(2)8-11(15)16/h10H,3-8H2,1-2H3,(H,15,16)/t10-/m0/s1. The summed E-state index contributed by atoms with van der Waals surface area (Å²) in [4.78, 5) is 25.6. The van der Waals surface area contributed by atoms with E-state index < -0.39 is 5.97 Å². The Morgan fingerprint density at radius 1 is 1.44 bits per heavy atom. The molecular weight excluding hydrogens is 208 g/mol. The van der Waals surface area contributed by atoms with Gasteiger partial charge < -0.3 is 10.0 Å². The minimum absolute atomic E-state index is 0.0300. The van der Waals surface area contributed by atoms with Crippen molar-refractivity contribution >= 4 is 11.9 Å². The lowest BCUT2D eigenvalue weighted by Crippen LogP contribution is -2.48. The zero-order chi connectivity index (χ0) is 12.1. The van der Waals surface area contributed by atoms with E-state index >= 15 is 0 Å². The van der Waals surface area contributed by atoms with Crippen molar-refractivity contribution in [1.82, 2.24) is 9.80 Å². The molecule has 0 aromatic heterocycles. The van der Waals surface area contributed by atoms with Crippen molar-refractivity contribution in [2.45, 2.75) is 32.2 Å². The second-order valence-corrected chi connectivity index (χ2v) is 4.45. The van der Waals surface area contributed by atoms with Crippen LogP contribution in [0, 0.1) is 0 Å². The van der Waals surface area contributed by atoms with Gasteiger partial charge in [0, 0.05) is 26.1 Å². The highest BCUT2D eigenvalue weighted by molar-refractivity contribution is 5.73.